The van der Waals surface area contributed by atoms with E-state index in [2.05, 4.69) is 27.3 Å². The maximum absolute atomic E-state index is 13.5. The normalized spacial score (nSPS) is 35.3. The molecule has 0 aromatic carbocycles. The van der Waals surface area contributed by atoms with Gasteiger partial charge in [-0.2, -0.15) is 26.3 Å². The molecular weight excluding hydrogens is 437 g/mol. The van der Waals surface area contributed by atoms with Crippen LogP contribution < -0.4 is 0 Å². The Morgan fingerprint density at radius 1 is 1.04 bits per heavy atom. The number of hydrogen-bond donors (Lipinski definition) is 0. The maximum atomic E-state index is 13.5. The molecule has 1 nitrogen and oxygen atoms in total. The van der Waals surface area contributed by atoms with Crippen molar-refractivity contribution in [3.05, 3.63) is 0 Å². The van der Waals surface area contributed by atoms with Gasteiger partial charge in [0.2, 0.25) is 0 Å². The smallest absolute Gasteiger partial charge is 0.355 e. The van der Waals surface area contributed by atoms with Crippen LogP contribution in [-0.2, 0) is 4.74 Å². The molecule has 8 heteroatoms. The van der Waals surface area contributed by atoms with E-state index in [1.54, 1.807) is 0 Å². The van der Waals surface area contributed by atoms with Gasteiger partial charge >= 0.3 is 12.4 Å². The first-order chi connectivity index (χ1) is 10.3. The molecule has 0 N–H and O–H groups in total. The predicted molar refractivity (Wildman–Crippen MR) is 82.4 cm³/mol. The van der Waals surface area contributed by atoms with Crippen LogP contribution in [0.25, 0.3) is 0 Å². The third kappa shape index (κ3) is 3.35. The van der Waals surface area contributed by atoms with Crippen molar-refractivity contribution in [3.8, 4) is 0 Å². The van der Waals surface area contributed by atoms with E-state index in [-0.39, 0.29) is 17.8 Å². The van der Waals surface area contributed by atoms with E-state index in [4.69, 9.17) is 0 Å². The van der Waals surface area contributed by atoms with Gasteiger partial charge in [-0.3, -0.25) is 0 Å². The lowest BCUT2D eigenvalue weighted by Gasteiger charge is -2.42. The largest absolute Gasteiger partial charge is 0.426 e. The molecule has 0 spiro atoms. The van der Waals surface area contributed by atoms with Gasteiger partial charge in [0.05, 0.1) is 6.10 Å². The summed E-state index contributed by atoms with van der Waals surface area (Å²) in [6.45, 7) is 4.34. The minimum absolute atomic E-state index is 0.0817. The van der Waals surface area contributed by atoms with Crippen LogP contribution in [0.1, 0.15) is 40.0 Å². The molecule has 5 atom stereocenters. The molecule has 2 aliphatic carbocycles. The first-order valence-electron chi connectivity index (χ1n) is 7.75. The summed E-state index contributed by atoms with van der Waals surface area (Å²) in [5.41, 5.74) is -4.07. The second kappa shape index (κ2) is 6.21. The Kier molecular flexibility index (Phi) is 5.29. The average Bonchev–Trinajstić information content (AvgIpc) is 2.86. The van der Waals surface area contributed by atoms with E-state index in [0.717, 1.165) is 6.42 Å². The zero-order valence-electron chi connectivity index (χ0n) is 13.1. The van der Waals surface area contributed by atoms with Gasteiger partial charge in [-0.05, 0) is 56.8 Å². The Hall–Kier alpha value is 0.270. The summed E-state index contributed by atoms with van der Waals surface area (Å²) in [6.07, 6.45) is -12.0. The summed E-state index contributed by atoms with van der Waals surface area (Å²) in [4.78, 5) is 0. The molecule has 0 amide bonds. The molecule has 0 radical (unpaired) electrons. The summed E-state index contributed by atoms with van der Waals surface area (Å²) in [5.74, 6) is -0.305. The molecule has 2 aliphatic rings. The van der Waals surface area contributed by atoms with Crippen molar-refractivity contribution in [2.45, 2.75) is 68.0 Å². The van der Waals surface area contributed by atoms with Crippen LogP contribution in [0.4, 0.5) is 26.3 Å². The van der Waals surface area contributed by atoms with Gasteiger partial charge in [-0.1, -0.05) is 29.5 Å². The van der Waals surface area contributed by atoms with Crippen LogP contribution in [0, 0.1) is 23.7 Å². The lowest BCUT2D eigenvalue weighted by molar-refractivity contribution is -0.393. The van der Waals surface area contributed by atoms with Crippen molar-refractivity contribution in [2.75, 3.05) is 0 Å². The van der Waals surface area contributed by atoms with Gasteiger partial charge < -0.3 is 4.74 Å². The Labute approximate surface area is 145 Å². The lowest BCUT2D eigenvalue weighted by Crippen LogP contribution is -2.61. The molecule has 0 aliphatic heterocycles. The second-order valence-electron chi connectivity index (χ2n) is 7.15. The monoisotopic (exact) mass is 458 g/mol. The van der Waals surface area contributed by atoms with E-state index in [1.165, 1.54) is 13.8 Å². The Balaban J connectivity index is 2.32. The van der Waals surface area contributed by atoms with Gasteiger partial charge in [0, 0.05) is 3.92 Å². The van der Waals surface area contributed by atoms with Crippen molar-refractivity contribution in [1.29, 1.82) is 0 Å². The lowest BCUT2D eigenvalue weighted by atomic mass is 9.75. The fourth-order valence-corrected chi connectivity index (χ4v) is 5.47. The number of ether oxygens (including phenoxy) is 1. The molecule has 136 valence electrons. The number of rotatable bonds is 4. The van der Waals surface area contributed by atoms with E-state index in [9.17, 15) is 26.3 Å². The van der Waals surface area contributed by atoms with Crippen molar-refractivity contribution >= 4 is 22.6 Å². The third-order valence-electron chi connectivity index (χ3n) is 5.32. The number of hydrogen-bond acceptors (Lipinski definition) is 1. The standard InChI is InChI=1S/C15H21F6IO/c1-7(2)23-13(14(16,17)18,15(19,20)21)6-10-4-9-5-11(10)8(3)12(9)22/h7-12H,4-6H2,1-3H3. The molecule has 0 heterocycles. The Morgan fingerprint density at radius 3 is 1.91 bits per heavy atom. The van der Waals surface area contributed by atoms with E-state index in [0.29, 0.717) is 10.3 Å². The fraction of sp³-hybridized carbons (Fsp3) is 1.00. The summed E-state index contributed by atoms with van der Waals surface area (Å²) in [7, 11) is 0. The summed E-state index contributed by atoms with van der Waals surface area (Å²) < 4.78 is 85.6. The highest BCUT2D eigenvalue weighted by atomic mass is 127. The summed E-state index contributed by atoms with van der Waals surface area (Å²) in [6, 6.07) is 0. The van der Waals surface area contributed by atoms with Crippen LogP contribution in [0.5, 0.6) is 0 Å². The van der Waals surface area contributed by atoms with Crippen LogP contribution in [-0.4, -0.2) is 28.0 Å². The third-order valence-corrected chi connectivity index (χ3v) is 7.47. The zero-order chi connectivity index (χ0) is 17.8. The first-order valence-corrected chi connectivity index (χ1v) is 9.00. The zero-order valence-corrected chi connectivity index (χ0v) is 15.3. The van der Waals surface area contributed by atoms with Crippen LogP contribution in [0.2, 0.25) is 0 Å². The molecule has 23 heavy (non-hydrogen) atoms. The highest BCUT2D eigenvalue weighted by Gasteiger charge is 2.73. The summed E-state index contributed by atoms with van der Waals surface area (Å²) in [5, 5.41) is 0. The second-order valence-corrected chi connectivity index (χ2v) is 8.59. The van der Waals surface area contributed by atoms with Crippen LogP contribution >= 0.6 is 22.6 Å². The van der Waals surface area contributed by atoms with Crippen molar-refractivity contribution in [1.82, 2.24) is 0 Å². The van der Waals surface area contributed by atoms with E-state index >= 15 is 0 Å². The van der Waals surface area contributed by atoms with E-state index < -0.39 is 36.4 Å². The Bertz CT molecular complexity index is 417. The molecule has 5 unspecified atom stereocenters. The summed E-state index contributed by atoms with van der Waals surface area (Å²) >= 11 is 2.27. The van der Waals surface area contributed by atoms with Gasteiger partial charge in [0.25, 0.3) is 5.60 Å². The molecule has 0 aromatic heterocycles. The number of fused-ring (bicyclic) bond motifs is 2. The van der Waals surface area contributed by atoms with Crippen molar-refractivity contribution in [2.24, 2.45) is 23.7 Å². The first kappa shape index (κ1) is 19.6. The highest BCUT2D eigenvalue weighted by molar-refractivity contribution is 14.1. The van der Waals surface area contributed by atoms with Crippen LogP contribution in [0.15, 0.2) is 0 Å². The SMILES string of the molecule is CC(C)OC(CC1CC2CC1C(C)C2I)(C(F)(F)F)C(F)(F)F. The van der Waals surface area contributed by atoms with Crippen molar-refractivity contribution < 1.29 is 31.1 Å². The molecule has 2 fully saturated rings. The highest BCUT2D eigenvalue weighted by Crippen LogP contribution is 2.60. The number of halogens is 7. The van der Waals surface area contributed by atoms with E-state index in [1.807, 2.05) is 6.92 Å². The predicted octanol–water partition coefficient (Wildman–Crippen LogP) is 5.76. The van der Waals surface area contributed by atoms with Gasteiger partial charge in [-0.15, -0.1) is 0 Å². The van der Waals surface area contributed by atoms with Gasteiger partial charge in [0.1, 0.15) is 0 Å². The van der Waals surface area contributed by atoms with Gasteiger partial charge in [-0.25, -0.2) is 0 Å². The fourth-order valence-electron chi connectivity index (χ4n) is 4.35. The topological polar surface area (TPSA) is 9.23 Å². The van der Waals surface area contributed by atoms with Crippen LogP contribution in [0.3, 0.4) is 0 Å². The van der Waals surface area contributed by atoms with Crippen molar-refractivity contribution in [3.63, 3.8) is 0 Å². The maximum Gasteiger partial charge on any atom is 0.426 e. The minimum atomic E-state index is -5.48. The molecule has 2 saturated carbocycles. The minimum Gasteiger partial charge on any atom is -0.355 e. The Morgan fingerprint density at radius 2 is 1.57 bits per heavy atom. The van der Waals surface area contributed by atoms with Gasteiger partial charge in [0.15, 0.2) is 0 Å². The quantitative estimate of drug-likeness (QED) is 0.296. The molecule has 2 rings (SSSR count). The molecule has 0 saturated heterocycles. The number of alkyl halides is 7. The molecule has 0 aromatic rings. The average molecular weight is 458 g/mol. The molecule has 2 bridgehead atoms. The molecular formula is C15H21F6IO.